The standard InChI is InChI=1S/C21H23ClIN3O2.2ClH/c1-20(2,26-12-13-4-7-18(27)19(10-13)28-3)21(23,24)16-8-9-25-17-11-14(22)5-6-15(16)17;;/h4-11,26-27H,12,24H2,1-3H3;2*1H. The molecular formula is C21H25Cl3IN3O2. The van der Waals surface area contributed by atoms with Gasteiger partial charge in [-0.05, 0) is 55.3 Å². The highest BCUT2D eigenvalue weighted by Gasteiger charge is 2.41. The quantitative estimate of drug-likeness (QED) is 0.201. The number of halogens is 4. The third-order valence-corrected chi connectivity index (χ3v) is 7.15. The van der Waals surface area contributed by atoms with Crippen LogP contribution < -0.4 is 15.8 Å². The Kier molecular flexibility index (Phi) is 9.47. The van der Waals surface area contributed by atoms with Crippen molar-refractivity contribution in [1.82, 2.24) is 10.3 Å². The highest BCUT2D eigenvalue weighted by atomic mass is 127. The van der Waals surface area contributed by atoms with Crippen LogP contribution in [0.4, 0.5) is 0 Å². The van der Waals surface area contributed by atoms with Gasteiger partial charge in [-0.25, -0.2) is 0 Å². The summed E-state index contributed by atoms with van der Waals surface area (Å²) in [6, 6.07) is 12.9. The molecule has 1 atom stereocenters. The lowest BCUT2D eigenvalue weighted by Crippen LogP contribution is -2.58. The van der Waals surface area contributed by atoms with Crippen LogP contribution in [-0.2, 0) is 10.1 Å². The zero-order valence-corrected chi connectivity index (χ0v) is 21.3. The number of benzene rings is 2. The maximum absolute atomic E-state index is 9.78. The zero-order chi connectivity index (χ0) is 20.5. The molecule has 0 aliphatic rings. The summed E-state index contributed by atoms with van der Waals surface area (Å²) in [4.78, 5) is 4.42. The highest BCUT2D eigenvalue weighted by molar-refractivity contribution is 14.1. The predicted molar refractivity (Wildman–Crippen MR) is 137 cm³/mol. The minimum absolute atomic E-state index is 0. The maximum Gasteiger partial charge on any atom is 0.160 e. The maximum atomic E-state index is 9.78. The monoisotopic (exact) mass is 583 g/mol. The molecule has 3 aromatic rings. The minimum atomic E-state index is -0.721. The van der Waals surface area contributed by atoms with Crippen molar-refractivity contribution >= 4 is 69.9 Å². The summed E-state index contributed by atoms with van der Waals surface area (Å²) in [5, 5.41) is 14.9. The van der Waals surface area contributed by atoms with Crippen LogP contribution in [0.3, 0.4) is 0 Å². The van der Waals surface area contributed by atoms with Crippen molar-refractivity contribution < 1.29 is 9.84 Å². The highest BCUT2D eigenvalue weighted by Crippen LogP contribution is 2.40. The Morgan fingerprint density at radius 1 is 1.17 bits per heavy atom. The second-order valence-corrected chi connectivity index (χ2v) is 9.35. The molecule has 1 heterocycles. The first-order chi connectivity index (χ1) is 13.2. The van der Waals surface area contributed by atoms with Gasteiger partial charge in [0.15, 0.2) is 11.5 Å². The predicted octanol–water partition coefficient (Wildman–Crippen LogP) is 5.56. The molecule has 30 heavy (non-hydrogen) atoms. The summed E-state index contributed by atoms with van der Waals surface area (Å²) in [5.74, 6) is 0.567. The van der Waals surface area contributed by atoms with E-state index in [1.807, 2.05) is 36.4 Å². The number of phenolic OH excluding ortho intramolecular Hbond substituents is 1. The molecule has 0 fully saturated rings. The third kappa shape index (κ3) is 5.41. The van der Waals surface area contributed by atoms with E-state index in [1.165, 1.54) is 7.11 Å². The van der Waals surface area contributed by atoms with E-state index in [1.54, 1.807) is 12.3 Å². The molecule has 0 amide bonds. The molecule has 4 N–H and O–H groups in total. The lowest BCUT2D eigenvalue weighted by molar-refractivity contribution is 0.307. The van der Waals surface area contributed by atoms with Gasteiger partial charge in [-0.15, -0.1) is 24.8 Å². The molecule has 0 aliphatic heterocycles. The molecule has 0 saturated heterocycles. The summed E-state index contributed by atoms with van der Waals surface area (Å²) in [7, 11) is 1.53. The van der Waals surface area contributed by atoms with Gasteiger partial charge in [0.05, 0.1) is 12.6 Å². The van der Waals surface area contributed by atoms with E-state index < -0.39 is 9.08 Å². The Labute approximate surface area is 207 Å². The third-order valence-electron chi connectivity index (χ3n) is 4.98. The Hall–Kier alpha value is -1.03. The number of pyridine rings is 1. The van der Waals surface area contributed by atoms with Crippen LogP contribution in [0, 0.1) is 0 Å². The fourth-order valence-electron chi connectivity index (χ4n) is 3.06. The number of hydrogen-bond acceptors (Lipinski definition) is 5. The van der Waals surface area contributed by atoms with Crippen LogP contribution in [0.1, 0.15) is 25.0 Å². The van der Waals surface area contributed by atoms with Crippen LogP contribution >= 0.6 is 59.0 Å². The van der Waals surface area contributed by atoms with E-state index in [9.17, 15) is 5.11 Å². The lowest BCUT2D eigenvalue weighted by Gasteiger charge is -2.41. The average Bonchev–Trinajstić information content (AvgIpc) is 2.66. The molecule has 0 aliphatic carbocycles. The number of aromatic nitrogens is 1. The molecule has 164 valence electrons. The first-order valence-electron chi connectivity index (χ1n) is 8.79. The minimum Gasteiger partial charge on any atom is -0.504 e. The Bertz CT molecular complexity index is 1020. The van der Waals surface area contributed by atoms with Gasteiger partial charge in [0, 0.05) is 28.7 Å². The summed E-state index contributed by atoms with van der Waals surface area (Å²) in [6.45, 7) is 4.71. The average molecular weight is 585 g/mol. The molecule has 0 radical (unpaired) electrons. The number of ether oxygens (including phenoxy) is 1. The number of methoxy groups -OCH3 is 1. The van der Waals surface area contributed by atoms with Gasteiger partial charge in [-0.3, -0.25) is 4.98 Å². The van der Waals surface area contributed by atoms with Gasteiger partial charge in [-0.2, -0.15) is 0 Å². The molecule has 3 rings (SSSR count). The Balaban J connectivity index is 0.00000225. The second-order valence-electron chi connectivity index (χ2n) is 7.22. The molecule has 9 heteroatoms. The van der Waals surface area contributed by atoms with Crippen LogP contribution in [0.5, 0.6) is 11.5 Å². The topological polar surface area (TPSA) is 80.4 Å². The molecule has 2 aromatic carbocycles. The first kappa shape index (κ1) is 27.0. The number of hydrogen-bond donors (Lipinski definition) is 3. The van der Waals surface area contributed by atoms with Gasteiger partial charge < -0.3 is 20.9 Å². The van der Waals surface area contributed by atoms with Crippen molar-refractivity contribution in [2.75, 3.05) is 7.11 Å². The van der Waals surface area contributed by atoms with E-state index in [0.29, 0.717) is 17.3 Å². The number of rotatable bonds is 6. The van der Waals surface area contributed by atoms with Crippen LogP contribution in [0.15, 0.2) is 48.7 Å². The van der Waals surface area contributed by atoms with E-state index in [2.05, 4.69) is 46.7 Å². The van der Waals surface area contributed by atoms with Crippen molar-refractivity contribution in [3.05, 3.63) is 64.8 Å². The second kappa shape index (κ2) is 10.5. The fourth-order valence-corrected chi connectivity index (χ4v) is 3.89. The summed E-state index contributed by atoms with van der Waals surface area (Å²) in [5.41, 5.74) is 9.18. The van der Waals surface area contributed by atoms with Gasteiger partial charge in [0.25, 0.3) is 0 Å². The van der Waals surface area contributed by atoms with Crippen molar-refractivity contribution in [2.45, 2.75) is 29.5 Å². The molecule has 5 nitrogen and oxygen atoms in total. The number of phenols is 1. The molecule has 0 spiro atoms. The van der Waals surface area contributed by atoms with Crippen molar-refractivity contribution in [1.29, 1.82) is 0 Å². The van der Waals surface area contributed by atoms with E-state index in [4.69, 9.17) is 22.1 Å². The molecule has 1 unspecified atom stereocenters. The Morgan fingerprint density at radius 2 is 1.87 bits per heavy atom. The lowest BCUT2D eigenvalue weighted by atomic mass is 9.87. The van der Waals surface area contributed by atoms with Gasteiger partial charge in [0.1, 0.15) is 3.55 Å². The van der Waals surface area contributed by atoms with Crippen molar-refractivity contribution in [2.24, 2.45) is 5.73 Å². The zero-order valence-electron chi connectivity index (χ0n) is 16.8. The molecule has 0 bridgehead atoms. The van der Waals surface area contributed by atoms with E-state index in [0.717, 1.165) is 22.0 Å². The van der Waals surface area contributed by atoms with E-state index in [-0.39, 0.29) is 30.6 Å². The normalized spacial score (nSPS) is 13.1. The summed E-state index contributed by atoms with van der Waals surface area (Å²) in [6.07, 6.45) is 1.76. The number of nitrogens with one attached hydrogen (secondary N) is 1. The van der Waals surface area contributed by atoms with Gasteiger partial charge >= 0.3 is 0 Å². The number of nitrogens with two attached hydrogens (primary N) is 1. The first-order valence-corrected chi connectivity index (χ1v) is 10.2. The molecule has 1 aromatic heterocycles. The SMILES string of the molecule is COc1cc(CNC(C)(C)C(N)(I)c2ccnc3cc(Cl)ccc23)ccc1O.Cl.Cl. The van der Waals surface area contributed by atoms with Gasteiger partial charge in [-0.1, -0.05) is 46.3 Å². The molecular weight excluding hydrogens is 560 g/mol. The van der Waals surface area contributed by atoms with Crippen LogP contribution in [-0.4, -0.2) is 22.7 Å². The van der Waals surface area contributed by atoms with Gasteiger partial charge in [0.2, 0.25) is 0 Å². The summed E-state index contributed by atoms with van der Waals surface area (Å²) >= 11 is 8.41. The summed E-state index contributed by atoms with van der Waals surface area (Å²) < 4.78 is 4.47. The Morgan fingerprint density at radius 3 is 2.53 bits per heavy atom. The van der Waals surface area contributed by atoms with Crippen LogP contribution in [0.2, 0.25) is 5.02 Å². The van der Waals surface area contributed by atoms with Crippen molar-refractivity contribution in [3.8, 4) is 11.5 Å². The number of alkyl halides is 1. The number of fused-ring (bicyclic) bond motifs is 1. The van der Waals surface area contributed by atoms with Crippen LogP contribution in [0.25, 0.3) is 10.9 Å². The fraction of sp³-hybridized carbons (Fsp3) is 0.286. The largest absolute Gasteiger partial charge is 0.504 e. The van der Waals surface area contributed by atoms with Crippen molar-refractivity contribution in [3.63, 3.8) is 0 Å². The number of aromatic hydroxyl groups is 1. The smallest absolute Gasteiger partial charge is 0.160 e. The number of nitrogens with zero attached hydrogens (tertiary/aromatic N) is 1. The molecule has 0 saturated carbocycles. The van der Waals surface area contributed by atoms with E-state index >= 15 is 0 Å².